The standard InChI is InChI=1S/C16H19N3O4/c1-9(13(20)17-16(2,3)4)23-15(22)12-10-7-5-6-8-11(10)14(21)19-18-12/h5-9H,1-4H3,(H,17,20)(H,19,21)/t9-/m1/s1. The first-order chi connectivity index (χ1) is 10.7. The molecule has 0 aliphatic rings. The van der Waals surface area contributed by atoms with Crippen LogP contribution in [-0.2, 0) is 9.53 Å². The molecule has 23 heavy (non-hydrogen) atoms. The Morgan fingerprint density at radius 3 is 2.43 bits per heavy atom. The molecular formula is C16H19N3O4. The highest BCUT2D eigenvalue weighted by Crippen LogP contribution is 2.14. The quantitative estimate of drug-likeness (QED) is 0.833. The van der Waals surface area contributed by atoms with Crippen LogP contribution < -0.4 is 10.9 Å². The smallest absolute Gasteiger partial charge is 0.360 e. The van der Waals surface area contributed by atoms with Crippen LogP contribution in [-0.4, -0.2) is 33.7 Å². The zero-order valence-corrected chi connectivity index (χ0v) is 13.5. The summed E-state index contributed by atoms with van der Waals surface area (Å²) in [4.78, 5) is 35.9. The molecule has 7 nitrogen and oxygen atoms in total. The predicted molar refractivity (Wildman–Crippen MR) is 85.1 cm³/mol. The Bertz CT molecular complexity index is 805. The van der Waals surface area contributed by atoms with Gasteiger partial charge in [-0.05, 0) is 33.8 Å². The third kappa shape index (κ3) is 3.94. The minimum absolute atomic E-state index is 0.0318. The molecule has 0 saturated heterocycles. The van der Waals surface area contributed by atoms with Gasteiger partial charge in [-0.25, -0.2) is 9.89 Å². The highest BCUT2D eigenvalue weighted by molar-refractivity contribution is 6.02. The summed E-state index contributed by atoms with van der Waals surface area (Å²) in [6, 6.07) is 6.57. The predicted octanol–water partition coefficient (Wildman–Crippen LogP) is 1.38. The van der Waals surface area contributed by atoms with E-state index >= 15 is 0 Å². The molecule has 122 valence electrons. The Kier molecular flexibility index (Phi) is 4.49. The highest BCUT2D eigenvalue weighted by atomic mass is 16.5. The van der Waals surface area contributed by atoms with Crippen molar-refractivity contribution in [3.05, 3.63) is 40.3 Å². The number of rotatable bonds is 3. The number of benzene rings is 1. The van der Waals surface area contributed by atoms with Crippen molar-refractivity contribution in [2.24, 2.45) is 0 Å². The summed E-state index contributed by atoms with van der Waals surface area (Å²) >= 11 is 0. The number of nitrogens with zero attached hydrogens (tertiary/aromatic N) is 1. The molecule has 2 N–H and O–H groups in total. The van der Waals surface area contributed by atoms with E-state index in [0.29, 0.717) is 10.8 Å². The van der Waals surface area contributed by atoms with Gasteiger partial charge in [0.2, 0.25) is 0 Å². The summed E-state index contributed by atoms with van der Waals surface area (Å²) in [6.45, 7) is 6.97. The molecule has 0 saturated carbocycles. The van der Waals surface area contributed by atoms with Gasteiger partial charge in [-0.1, -0.05) is 18.2 Å². The molecule has 1 atom stereocenters. The third-order valence-corrected chi connectivity index (χ3v) is 3.04. The largest absolute Gasteiger partial charge is 0.448 e. The summed E-state index contributed by atoms with van der Waals surface area (Å²) in [5.74, 6) is -1.17. The average Bonchev–Trinajstić information content (AvgIpc) is 2.46. The second kappa shape index (κ2) is 6.20. The van der Waals surface area contributed by atoms with Crippen LogP contribution in [0, 0.1) is 0 Å². The number of esters is 1. The number of hydrogen-bond acceptors (Lipinski definition) is 5. The average molecular weight is 317 g/mol. The Labute approximate surface area is 133 Å². The summed E-state index contributed by atoms with van der Waals surface area (Å²) < 4.78 is 5.16. The maximum absolute atomic E-state index is 12.3. The second-order valence-electron chi connectivity index (χ2n) is 6.23. The molecule has 0 radical (unpaired) electrons. The highest BCUT2D eigenvalue weighted by Gasteiger charge is 2.24. The van der Waals surface area contributed by atoms with Gasteiger partial charge in [0, 0.05) is 10.9 Å². The fourth-order valence-corrected chi connectivity index (χ4v) is 2.01. The molecule has 2 aromatic rings. The summed E-state index contributed by atoms with van der Waals surface area (Å²) in [6.07, 6.45) is -0.978. The molecule has 2 rings (SSSR count). The minimum atomic E-state index is -0.978. The van der Waals surface area contributed by atoms with Crippen LogP contribution in [0.1, 0.15) is 38.2 Å². The molecule has 0 bridgehead atoms. The topological polar surface area (TPSA) is 101 Å². The van der Waals surface area contributed by atoms with E-state index in [-0.39, 0.29) is 5.69 Å². The third-order valence-electron chi connectivity index (χ3n) is 3.04. The fourth-order valence-electron chi connectivity index (χ4n) is 2.01. The lowest BCUT2D eigenvalue weighted by Gasteiger charge is -2.23. The van der Waals surface area contributed by atoms with E-state index in [1.54, 1.807) is 24.3 Å². The second-order valence-corrected chi connectivity index (χ2v) is 6.23. The van der Waals surface area contributed by atoms with Crippen LogP contribution in [0.5, 0.6) is 0 Å². The summed E-state index contributed by atoms with van der Waals surface area (Å²) in [5, 5.41) is 9.45. The summed E-state index contributed by atoms with van der Waals surface area (Å²) in [5.41, 5.74) is -0.855. The molecule has 1 heterocycles. The Balaban J connectivity index is 2.24. The molecule has 0 fully saturated rings. The zero-order valence-electron chi connectivity index (χ0n) is 13.5. The maximum Gasteiger partial charge on any atom is 0.360 e. The lowest BCUT2D eigenvalue weighted by Crippen LogP contribution is -2.46. The number of hydrogen-bond donors (Lipinski definition) is 2. The molecule has 7 heteroatoms. The van der Waals surface area contributed by atoms with Crippen molar-refractivity contribution in [2.45, 2.75) is 39.3 Å². The lowest BCUT2D eigenvalue weighted by atomic mass is 10.1. The number of carbonyl (C=O) groups excluding carboxylic acids is 2. The van der Waals surface area contributed by atoms with Crippen LogP contribution in [0.15, 0.2) is 29.1 Å². The summed E-state index contributed by atoms with van der Waals surface area (Å²) in [7, 11) is 0. The molecule has 0 aliphatic heterocycles. The number of ether oxygens (including phenoxy) is 1. The van der Waals surface area contributed by atoms with E-state index in [9.17, 15) is 14.4 Å². The van der Waals surface area contributed by atoms with Crippen molar-refractivity contribution in [3.63, 3.8) is 0 Å². The number of aromatic amines is 1. The normalized spacial score (nSPS) is 12.7. The number of amides is 1. The van der Waals surface area contributed by atoms with Crippen LogP contribution in [0.2, 0.25) is 0 Å². The Morgan fingerprint density at radius 2 is 1.83 bits per heavy atom. The molecule has 0 unspecified atom stereocenters. The lowest BCUT2D eigenvalue weighted by molar-refractivity contribution is -0.130. The molecule has 1 aromatic heterocycles. The van der Waals surface area contributed by atoms with Crippen LogP contribution in [0.3, 0.4) is 0 Å². The van der Waals surface area contributed by atoms with Crippen LogP contribution in [0.25, 0.3) is 10.8 Å². The first kappa shape index (κ1) is 16.7. The zero-order chi connectivity index (χ0) is 17.2. The van der Waals surface area contributed by atoms with E-state index in [1.165, 1.54) is 6.92 Å². The number of carbonyl (C=O) groups is 2. The van der Waals surface area contributed by atoms with Crippen molar-refractivity contribution in [1.29, 1.82) is 0 Å². The van der Waals surface area contributed by atoms with Crippen molar-refractivity contribution < 1.29 is 14.3 Å². The maximum atomic E-state index is 12.3. The van der Waals surface area contributed by atoms with Gasteiger partial charge in [-0.2, -0.15) is 5.10 Å². The monoisotopic (exact) mass is 317 g/mol. The van der Waals surface area contributed by atoms with E-state index in [0.717, 1.165) is 0 Å². The van der Waals surface area contributed by atoms with Crippen molar-refractivity contribution in [3.8, 4) is 0 Å². The van der Waals surface area contributed by atoms with Crippen molar-refractivity contribution >= 4 is 22.6 Å². The van der Waals surface area contributed by atoms with E-state index in [4.69, 9.17) is 4.74 Å². The van der Waals surface area contributed by atoms with Gasteiger partial charge in [0.15, 0.2) is 11.8 Å². The van der Waals surface area contributed by atoms with Gasteiger partial charge in [0.25, 0.3) is 11.5 Å². The number of aromatic nitrogens is 2. The minimum Gasteiger partial charge on any atom is -0.448 e. The molecule has 0 aliphatic carbocycles. The molecular weight excluding hydrogens is 298 g/mol. The first-order valence-electron chi connectivity index (χ1n) is 7.19. The molecule has 0 spiro atoms. The van der Waals surface area contributed by atoms with Gasteiger partial charge in [0.05, 0.1) is 5.39 Å². The first-order valence-corrected chi connectivity index (χ1v) is 7.19. The van der Waals surface area contributed by atoms with Gasteiger partial charge in [-0.3, -0.25) is 9.59 Å². The van der Waals surface area contributed by atoms with Crippen LogP contribution in [0.4, 0.5) is 0 Å². The molecule has 1 amide bonds. The molecule has 1 aromatic carbocycles. The number of H-pyrrole nitrogens is 1. The van der Waals surface area contributed by atoms with E-state index in [2.05, 4.69) is 15.5 Å². The van der Waals surface area contributed by atoms with Crippen LogP contribution >= 0.6 is 0 Å². The number of fused-ring (bicyclic) bond motifs is 1. The number of nitrogens with one attached hydrogen (secondary N) is 2. The van der Waals surface area contributed by atoms with Gasteiger partial charge < -0.3 is 10.1 Å². The Morgan fingerprint density at radius 1 is 1.22 bits per heavy atom. The fraction of sp³-hybridized carbons (Fsp3) is 0.375. The Hall–Kier alpha value is -2.70. The van der Waals surface area contributed by atoms with E-state index in [1.807, 2.05) is 20.8 Å². The van der Waals surface area contributed by atoms with Gasteiger partial charge in [-0.15, -0.1) is 0 Å². The van der Waals surface area contributed by atoms with E-state index < -0.39 is 29.1 Å². The van der Waals surface area contributed by atoms with Crippen molar-refractivity contribution in [1.82, 2.24) is 15.5 Å². The SMILES string of the molecule is C[C@@H](OC(=O)c1n[nH]c(=O)c2ccccc12)C(=O)NC(C)(C)C. The van der Waals surface area contributed by atoms with Gasteiger partial charge in [0.1, 0.15) is 0 Å². The van der Waals surface area contributed by atoms with Gasteiger partial charge >= 0.3 is 5.97 Å². The van der Waals surface area contributed by atoms with Crippen molar-refractivity contribution in [2.75, 3.05) is 0 Å².